The van der Waals surface area contributed by atoms with Gasteiger partial charge in [-0.1, -0.05) is 78.9 Å². The molecule has 48 heavy (non-hydrogen) atoms. The maximum absolute atomic E-state index is 6.36. The molecule has 4 aromatic heterocycles. The van der Waals surface area contributed by atoms with Crippen LogP contribution in [0.2, 0.25) is 0 Å². The molecule has 224 valence electrons. The molecule has 0 aliphatic rings. The van der Waals surface area contributed by atoms with Crippen LogP contribution in [0.3, 0.4) is 0 Å². The van der Waals surface area contributed by atoms with Gasteiger partial charge in [0.25, 0.3) is 0 Å². The van der Waals surface area contributed by atoms with Crippen LogP contribution < -0.4 is 0 Å². The zero-order chi connectivity index (χ0) is 31.3. The summed E-state index contributed by atoms with van der Waals surface area (Å²) in [6, 6.07) is 53.8. The Bertz CT molecular complexity index is 3030. The minimum absolute atomic E-state index is 0.571. The highest BCUT2D eigenvalue weighted by Crippen LogP contribution is 2.41. The molecular formula is C43H25N3O2. The van der Waals surface area contributed by atoms with Crippen LogP contribution in [-0.4, -0.2) is 14.1 Å². The minimum Gasteiger partial charge on any atom is -0.456 e. The Morgan fingerprint density at radius 3 is 1.81 bits per heavy atom. The first kappa shape index (κ1) is 25.6. The Morgan fingerprint density at radius 1 is 0.375 bits per heavy atom. The maximum Gasteiger partial charge on any atom is 0.307 e. The van der Waals surface area contributed by atoms with Gasteiger partial charge in [-0.3, -0.25) is 4.57 Å². The largest absolute Gasteiger partial charge is 0.456 e. The SMILES string of the molecule is c1ccc(-n2c3ccc(-c4ccc5c(c4)c4ccccc4n5-c4nc5ccccc5o4)cc3c3cc4oc5ccccc5c4cc32)cc1. The summed E-state index contributed by atoms with van der Waals surface area (Å²) in [5, 5.41) is 6.91. The van der Waals surface area contributed by atoms with Gasteiger partial charge in [0.1, 0.15) is 16.7 Å². The number of oxazole rings is 1. The second kappa shape index (κ2) is 9.47. The Kier molecular flexibility index (Phi) is 5.05. The van der Waals surface area contributed by atoms with Crippen LogP contribution in [0.1, 0.15) is 0 Å². The van der Waals surface area contributed by atoms with Crippen LogP contribution in [-0.2, 0) is 0 Å². The molecule has 0 aliphatic heterocycles. The highest BCUT2D eigenvalue weighted by Gasteiger charge is 2.19. The first-order chi connectivity index (χ1) is 23.8. The van der Waals surface area contributed by atoms with Crippen LogP contribution in [0.25, 0.3) is 99.5 Å². The van der Waals surface area contributed by atoms with E-state index in [0.29, 0.717) is 6.01 Å². The number of hydrogen-bond acceptors (Lipinski definition) is 3. The summed E-state index contributed by atoms with van der Waals surface area (Å²) in [7, 11) is 0. The van der Waals surface area contributed by atoms with Gasteiger partial charge in [0.2, 0.25) is 0 Å². The van der Waals surface area contributed by atoms with E-state index in [2.05, 4.69) is 124 Å². The van der Waals surface area contributed by atoms with Crippen molar-refractivity contribution in [2.45, 2.75) is 0 Å². The van der Waals surface area contributed by atoms with Crippen LogP contribution in [0.4, 0.5) is 0 Å². The third-order valence-corrected chi connectivity index (χ3v) is 9.76. The lowest BCUT2D eigenvalue weighted by molar-refractivity contribution is 0.574. The van der Waals surface area contributed by atoms with E-state index in [0.717, 1.165) is 88.1 Å². The molecular weight excluding hydrogens is 590 g/mol. The normalized spacial score (nSPS) is 12.2. The van der Waals surface area contributed by atoms with E-state index in [1.807, 2.05) is 36.4 Å². The highest BCUT2D eigenvalue weighted by atomic mass is 16.4. The summed E-state index contributed by atoms with van der Waals surface area (Å²) in [4.78, 5) is 4.85. The predicted molar refractivity (Wildman–Crippen MR) is 195 cm³/mol. The molecule has 0 radical (unpaired) electrons. The van der Waals surface area contributed by atoms with Gasteiger partial charge in [0.15, 0.2) is 5.58 Å². The summed E-state index contributed by atoms with van der Waals surface area (Å²) in [6.45, 7) is 0. The monoisotopic (exact) mass is 615 g/mol. The fourth-order valence-corrected chi connectivity index (χ4v) is 7.59. The molecule has 0 bridgehead atoms. The molecule has 0 fully saturated rings. The van der Waals surface area contributed by atoms with E-state index in [4.69, 9.17) is 13.8 Å². The first-order valence-corrected chi connectivity index (χ1v) is 16.1. The predicted octanol–water partition coefficient (Wildman–Crippen LogP) is 11.6. The Labute approximate surface area is 273 Å². The van der Waals surface area contributed by atoms with Gasteiger partial charge in [-0.25, -0.2) is 0 Å². The fraction of sp³-hybridized carbons (Fsp3) is 0. The quantitative estimate of drug-likeness (QED) is 0.199. The lowest BCUT2D eigenvalue weighted by Crippen LogP contribution is -1.93. The molecule has 4 heterocycles. The summed E-state index contributed by atoms with van der Waals surface area (Å²) in [5.41, 5.74) is 11.3. The van der Waals surface area contributed by atoms with Crippen LogP contribution >= 0.6 is 0 Å². The number of rotatable bonds is 3. The van der Waals surface area contributed by atoms with Gasteiger partial charge >= 0.3 is 6.01 Å². The number of benzene rings is 7. The lowest BCUT2D eigenvalue weighted by Gasteiger charge is -2.08. The van der Waals surface area contributed by atoms with Gasteiger partial charge < -0.3 is 13.4 Å². The molecule has 0 saturated heterocycles. The highest BCUT2D eigenvalue weighted by molar-refractivity contribution is 6.18. The van der Waals surface area contributed by atoms with Crippen molar-refractivity contribution >= 4 is 76.6 Å². The van der Waals surface area contributed by atoms with E-state index < -0.39 is 0 Å². The van der Waals surface area contributed by atoms with Crippen molar-refractivity contribution in [3.8, 4) is 22.8 Å². The third-order valence-electron chi connectivity index (χ3n) is 9.76. The Hall–Kier alpha value is -6.59. The lowest BCUT2D eigenvalue weighted by atomic mass is 10.0. The summed E-state index contributed by atoms with van der Waals surface area (Å²) < 4.78 is 17.1. The van der Waals surface area contributed by atoms with Gasteiger partial charge in [0.05, 0.1) is 22.1 Å². The van der Waals surface area contributed by atoms with Crippen molar-refractivity contribution in [3.05, 3.63) is 152 Å². The minimum atomic E-state index is 0.571. The molecule has 0 atom stereocenters. The molecule has 0 amide bonds. The maximum atomic E-state index is 6.36. The fourth-order valence-electron chi connectivity index (χ4n) is 7.59. The van der Waals surface area contributed by atoms with E-state index in [9.17, 15) is 0 Å². The molecule has 0 spiro atoms. The van der Waals surface area contributed by atoms with Gasteiger partial charge in [-0.2, -0.15) is 4.98 Å². The van der Waals surface area contributed by atoms with Crippen molar-refractivity contribution in [1.82, 2.24) is 14.1 Å². The van der Waals surface area contributed by atoms with Crippen molar-refractivity contribution in [1.29, 1.82) is 0 Å². The second-order valence-electron chi connectivity index (χ2n) is 12.4. The first-order valence-electron chi connectivity index (χ1n) is 16.1. The molecule has 0 aliphatic carbocycles. The Balaban J connectivity index is 1.15. The van der Waals surface area contributed by atoms with Crippen LogP contribution in [0, 0.1) is 0 Å². The molecule has 5 heteroatoms. The molecule has 0 unspecified atom stereocenters. The standard InChI is InChI=1S/C43H25N3O2/c1-2-10-28(11-3-1)45-37-20-18-27(23-32(37)33-25-42-34(24-39(33)45)30-13-5-8-16-40(30)47-42)26-19-21-38-31(22-26)29-12-4-7-15-36(29)46(38)43-44-35-14-6-9-17-41(35)48-43/h1-25H. The molecule has 11 aromatic rings. The van der Waals surface area contributed by atoms with Crippen molar-refractivity contribution in [2.75, 3.05) is 0 Å². The van der Waals surface area contributed by atoms with E-state index in [1.54, 1.807) is 0 Å². The average Bonchev–Trinajstić information content (AvgIpc) is 3.89. The summed E-state index contributed by atoms with van der Waals surface area (Å²) in [5.74, 6) is 0. The molecule has 7 aromatic carbocycles. The molecule has 0 N–H and O–H groups in total. The van der Waals surface area contributed by atoms with E-state index >= 15 is 0 Å². The van der Waals surface area contributed by atoms with Crippen molar-refractivity contribution < 1.29 is 8.83 Å². The number of fused-ring (bicyclic) bond motifs is 10. The number of aromatic nitrogens is 3. The molecule has 11 rings (SSSR count). The second-order valence-corrected chi connectivity index (χ2v) is 12.4. The summed E-state index contributed by atoms with van der Waals surface area (Å²) in [6.07, 6.45) is 0. The van der Waals surface area contributed by atoms with Gasteiger partial charge in [0, 0.05) is 38.0 Å². The van der Waals surface area contributed by atoms with Crippen molar-refractivity contribution in [2.24, 2.45) is 0 Å². The zero-order valence-corrected chi connectivity index (χ0v) is 25.6. The third kappa shape index (κ3) is 3.53. The number of furan rings is 1. The van der Waals surface area contributed by atoms with E-state index in [-0.39, 0.29) is 0 Å². The smallest absolute Gasteiger partial charge is 0.307 e. The van der Waals surface area contributed by atoms with Crippen LogP contribution in [0.5, 0.6) is 0 Å². The van der Waals surface area contributed by atoms with Crippen molar-refractivity contribution in [3.63, 3.8) is 0 Å². The zero-order valence-electron chi connectivity index (χ0n) is 25.6. The molecule has 5 nitrogen and oxygen atoms in total. The number of nitrogens with zero attached hydrogens (tertiary/aromatic N) is 3. The number of para-hydroxylation sites is 5. The van der Waals surface area contributed by atoms with E-state index in [1.165, 1.54) is 5.39 Å². The summed E-state index contributed by atoms with van der Waals surface area (Å²) >= 11 is 0. The molecule has 0 saturated carbocycles. The topological polar surface area (TPSA) is 49.0 Å². The van der Waals surface area contributed by atoms with Crippen LogP contribution in [0.15, 0.2) is 160 Å². The van der Waals surface area contributed by atoms with Gasteiger partial charge in [-0.15, -0.1) is 0 Å². The van der Waals surface area contributed by atoms with Gasteiger partial charge in [-0.05, 0) is 83.9 Å². The average molecular weight is 616 g/mol. The number of hydrogen-bond donors (Lipinski definition) is 0. The Morgan fingerprint density at radius 2 is 1.00 bits per heavy atom.